The van der Waals surface area contributed by atoms with Crippen LogP contribution >= 0.6 is 11.6 Å². The van der Waals surface area contributed by atoms with Gasteiger partial charge in [-0.25, -0.2) is 0 Å². The summed E-state index contributed by atoms with van der Waals surface area (Å²) in [6, 6.07) is 2.60. The van der Waals surface area contributed by atoms with Crippen LogP contribution < -0.4 is 5.32 Å². The molecule has 1 amide bonds. The summed E-state index contributed by atoms with van der Waals surface area (Å²) < 4.78 is 40.9. The summed E-state index contributed by atoms with van der Waals surface area (Å²) in [5.74, 6) is -0.542. The number of anilines is 1. The molecular formula is C16H18ClF3N4O. The molecule has 1 atom stereocenters. The van der Waals surface area contributed by atoms with Gasteiger partial charge in [-0.1, -0.05) is 11.6 Å². The number of benzene rings is 1. The van der Waals surface area contributed by atoms with Crippen molar-refractivity contribution < 1.29 is 18.0 Å². The molecule has 1 aromatic carbocycles. The fourth-order valence-corrected chi connectivity index (χ4v) is 2.45. The van der Waals surface area contributed by atoms with Crippen LogP contribution in [0.1, 0.15) is 18.1 Å². The van der Waals surface area contributed by atoms with Crippen molar-refractivity contribution in [2.45, 2.75) is 25.7 Å². The third-order valence-electron chi connectivity index (χ3n) is 3.78. The van der Waals surface area contributed by atoms with Crippen LogP contribution in [-0.4, -0.2) is 33.7 Å². The van der Waals surface area contributed by atoms with Gasteiger partial charge in [0, 0.05) is 30.4 Å². The fraction of sp³-hybridized carbons (Fsp3) is 0.375. The second kappa shape index (κ2) is 7.45. The predicted octanol–water partition coefficient (Wildman–Crippen LogP) is 3.55. The molecular weight excluding hydrogens is 357 g/mol. The molecule has 0 fully saturated rings. The van der Waals surface area contributed by atoms with Crippen LogP contribution in [0.2, 0.25) is 5.02 Å². The summed E-state index contributed by atoms with van der Waals surface area (Å²) in [4.78, 5) is 14.1. The van der Waals surface area contributed by atoms with E-state index in [-0.39, 0.29) is 10.7 Å². The molecule has 0 saturated heterocycles. The van der Waals surface area contributed by atoms with Gasteiger partial charge in [-0.2, -0.15) is 18.3 Å². The highest BCUT2D eigenvalue weighted by molar-refractivity contribution is 6.30. The minimum absolute atomic E-state index is 0.0490. The van der Waals surface area contributed by atoms with Crippen molar-refractivity contribution in [1.82, 2.24) is 14.7 Å². The summed E-state index contributed by atoms with van der Waals surface area (Å²) in [5.41, 5.74) is -0.397. The Morgan fingerprint density at radius 2 is 2.12 bits per heavy atom. The van der Waals surface area contributed by atoms with Gasteiger partial charge in [0.25, 0.3) is 0 Å². The van der Waals surface area contributed by atoms with E-state index in [0.29, 0.717) is 6.54 Å². The van der Waals surface area contributed by atoms with Gasteiger partial charge in [0.1, 0.15) is 0 Å². The van der Waals surface area contributed by atoms with Crippen molar-refractivity contribution in [2.24, 2.45) is 7.05 Å². The van der Waals surface area contributed by atoms with Gasteiger partial charge in [-0.3, -0.25) is 14.4 Å². The number of carbonyl (C=O) groups is 1. The number of nitrogens with one attached hydrogen (secondary N) is 1. The van der Waals surface area contributed by atoms with Gasteiger partial charge in [0.2, 0.25) is 5.91 Å². The Labute approximate surface area is 148 Å². The zero-order valence-corrected chi connectivity index (χ0v) is 14.7. The summed E-state index contributed by atoms with van der Waals surface area (Å²) in [6.45, 7) is 2.06. The highest BCUT2D eigenvalue weighted by Crippen LogP contribution is 2.36. The average Bonchev–Trinajstić information content (AvgIpc) is 2.92. The third-order valence-corrected chi connectivity index (χ3v) is 4.01. The Balaban J connectivity index is 2.11. The van der Waals surface area contributed by atoms with E-state index in [1.54, 1.807) is 36.8 Å². The van der Waals surface area contributed by atoms with Crippen LogP contribution in [-0.2, 0) is 24.6 Å². The lowest BCUT2D eigenvalue weighted by Crippen LogP contribution is -2.39. The highest BCUT2D eigenvalue weighted by atomic mass is 35.5. The molecule has 0 spiro atoms. The van der Waals surface area contributed by atoms with Crippen LogP contribution in [0.5, 0.6) is 0 Å². The number of aryl methyl sites for hydroxylation is 1. The summed E-state index contributed by atoms with van der Waals surface area (Å²) in [6.07, 6.45) is -1.14. The SMILES string of the molecule is C[C@@H](C(=O)Nc1ccc(Cl)cc1C(F)(F)F)N(C)Cc1cnn(C)c1. The number of hydrogen-bond acceptors (Lipinski definition) is 3. The molecule has 0 aliphatic rings. The van der Waals surface area contributed by atoms with Crippen molar-refractivity contribution in [1.29, 1.82) is 0 Å². The number of aromatic nitrogens is 2. The van der Waals surface area contributed by atoms with E-state index in [9.17, 15) is 18.0 Å². The molecule has 0 aliphatic heterocycles. The van der Waals surface area contributed by atoms with E-state index in [1.165, 1.54) is 6.07 Å². The third kappa shape index (κ3) is 4.96. The van der Waals surface area contributed by atoms with Gasteiger partial charge in [0.15, 0.2) is 0 Å². The Morgan fingerprint density at radius 1 is 1.44 bits per heavy atom. The van der Waals surface area contributed by atoms with Gasteiger partial charge < -0.3 is 5.32 Å². The minimum Gasteiger partial charge on any atom is -0.324 e. The van der Waals surface area contributed by atoms with E-state index >= 15 is 0 Å². The molecule has 1 heterocycles. The molecule has 2 rings (SSSR count). The van der Waals surface area contributed by atoms with E-state index in [2.05, 4.69) is 10.4 Å². The highest BCUT2D eigenvalue weighted by Gasteiger charge is 2.34. The Hall–Kier alpha value is -2.06. The first-order valence-corrected chi connectivity index (χ1v) is 7.81. The molecule has 0 unspecified atom stereocenters. The van der Waals surface area contributed by atoms with E-state index < -0.39 is 23.7 Å². The standard InChI is InChI=1S/C16H18ClF3N4O/c1-10(23(2)8-11-7-21-24(3)9-11)15(25)22-14-5-4-12(17)6-13(14)16(18,19)20/h4-7,9-10H,8H2,1-3H3,(H,22,25)/t10-/m0/s1. The molecule has 1 N–H and O–H groups in total. The van der Waals surface area contributed by atoms with E-state index in [0.717, 1.165) is 17.7 Å². The van der Waals surface area contributed by atoms with Crippen molar-refractivity contribution in [3.63, 3.8) is 0 Å². The van der Waals surface area contributed by atoms with Crippen LogP contribution in [0.25, 0.3) is 0 Å². The summed E-state index contributed by atoms with van der Waals surface area (Å²) in [5, 5.41) is 6.33. The number of halogens is 4. The maximum Gasteiger partial charge on any atom is 0.418 e. The maximum absolute atomic E-state index is 13.1. The van der Waals surface area contributed by atoms with Crippen molar-refractivity contribution in [3.8, 4) is 0 Å². The molecule has 0 saturated carbocycles. The molecule has 0 radical (unpaired) electrons. The Morgan fingerprint density at radius 3 is 2.68 bits per heavy atom. The van der Waals surface area contributed by atoms with E-state index in [1.807, 2.05) is 6.20 Å². The fourth-order valence-electron chi connectivity index (χ4n) is 2.28. The normalized spacial score (nSPS) is 13.1. The minimum atomic E-state index is -4.61. The smallest absolute Gasteiger partial charge is 0.324 e. The Bertz CT molecular complexity index is 760. The number of hydrogen-bond donors (Lipinski definition) is 1. The number of likely N-dealkylation sites (N-methyl/N-ethyl adjacent to an activating group) is 1. The largest absolute Gasteiger partial charge is 0.418 e. The molecule has 9 heteroatoms. The van der Waals surface area contributed by atoms with Gasteiger partial charge >= 0.3 is 6.18 Å². The van der Waals surface area contributed by atoms with Crippen molar-refractivity contribution in [2.75, 3.05) is 12.4 Å². The average molecular weight is 375 g/mol. The lowest BCUT2D eigenvalue weighted by atomic mass is 10.1. The quantitative estimate of drug-likeness (QED) is 0.870. The maximum atomic E-state index is 13.1. The van der Waals surface area contributed by atoms with Crippen LogP contribution in [0.3, 0.4) is 0 Å². The molecule has 25 heavy (non-hydrogen) atoms. The molecule has 1 aromatic heterocycles. The topological polar surface area (TPSA) is 50.2 Å². The first-order valence-electron chi connectivity index (χ1n) is 7.43. The number of carbonyl (C=O) groups excluding carboxylic acids is 1. The van der Waals surface area contributed by atoms with Crippen LogP contribution in [0.4, 0.5) is 18.9 Å². The molecule has 0 aliphatic carbocycles. The number of rotatable bonds is 5. The second-order valence-corrected chi connectivity index (χ2v) is 6.23. The molecule has 5 nitrogen and oxygen atoms in total. The predicted molar refractivity (Wildman–Crippen MR) is 89.2 cm³/mol. The molecule has 0 bridgehead atoms. The van der Waals surface area contributed by atoms with Gasteiger partial charge in [0.05, 0.1) is 23.5 Å². The summed E-state index contributed by atoms with van der Waals surface area (Å²) >= 11 is 5.64. The first-order chi connectivity index (χ1) is 11.6. The van der Waals surface area contributed by atoms with Crippen LogP contribution in [0.15, 0.2) is 30.6 Å². The lowest BCUT2D eigenvalue weighted by Gasteiger charge is -2.24. The van der Waals surface area contributed by atoms with E-state index in [4.69, 9.17) is 11.6 Å². The first kappa shape index (κ1) is 19.3. The zero-order valence-electron chi connectivity index (χ0n) is 13.9. The van der Waals surface area contributed by atoms with Crippen molar-refractivity contribution in [3.05, 3.63) is 46.7 Å². The van der Waals surface area contributed by atoms with Crippen molar-refractivity contribution >= 4 is 23.2 Å². The Kier molecular flexibility index (Phi) is 5.74. The zero-order chi connectivity index (χ0) is 18.8. The number of amides is 1. The molecule has 2 aromatic rings. The summed E-state index contributed by atoms with van der Waals surface area (Å²) in [7, 11) is 3.49. The number of alkyl halides is 3. The molecule has 136 valence electrons. The second-order valence-electron chi connectivity index (χ2n) is 5.79. The van der Waals surface area contributed by atoms with Gasteiger partial charge in [-0.05, 0) is 32.2 Å². The number of nitrogens with zero attached hydrogens (tertiary/aromatic N) is 3. The lowest BCUT2D eigenvalue weighted by molar-refractivity contribution is -0.137. The van der Waals surface area contributed by atoms with Gasteiger partial charge in [-0.15, -0.1) is 0 Å². The van der Waals surface area contributed by atoms with Crippen LogP contribution in [0, 0.1) is 0 Å². The monoisotopic (exact) mass is 374 g/mol.